The summed E-state index contributed by atoms with van der Waals surface area (Å²) >= 11 is 0. The lowest BCUT2D eigenvalue weighted by molar-refractivity contribution is 0.146. The number of nitrogens with one attached hydrogen (secondary N) is 1. The van der Waals surface area contributed by atoms with Gasteiger partial charge in [-0.05, 0) is 38.4 Å². The zero-order valence-electron chi connectivity index (χ0n) is 12.8. The van der Waals surface area contributed by atoms with E-state index < -0.39 is 0 Å². The molecule has 3 rings (SSSR count). The van der Waals surface area contributed by atoms with Gasteiger partial charge in [-0.1, -0.05) is 18.2 Å². The molecule has 1 aromatic heterocycles. The fourth-order valence-corrected chi connectivity index (χ4v) is 3.25. The molecule has 1 N–H and O–H groups in total. The summed E-state index contributed by atoms with van der Waals surface area (Å²) in [5.41, 5.74) is 3.12. The molecule has 0 aliphatic carbocycles. The summed E-state index contributed by atoms with van der Waals surface area (Å²) in [6.07, 6.45) is 4.75. The number of nitrogens with zero attached hydrogens (tertiary/aromatic N) is 2. The second kappa shape index (κ2) is 5.23. The number of likely N-dealkylation sites (tertiary alicyclic amines) is 1. The van der Waals surface area contributed by atoms with E-state index in [2.05, 4.69) is 66.3 Å². The van der Waals surface area contributed by atoms with Crippen molar-refractivity contribution in [1.82, 2.24) is 14.8 Å². The average molecular weight is 271 g/mol. The SMILES string of the molecule is CNC1(C)CCN(Cc2cn(C)c3ccccc23)CC1. The molecule has 20 heavy (non-hydrogen) atoms. The van der Waals surface area contributed by atoms with Crippen LogP contribution >= 0.6 is 0 Å². The average Bonchev–Trinajstić information content (AvgIpc) is 2.79. The predicted molar refractivity (Wildman–Crippen MR) is 84.9 cm³/mol. The molecule has 3 nitrogen and oxygen atoms in total. The van der Waals surface area contributed by atoms with Crippen molar-refractivity contribution < 1.29 is 0 Å². The second-order valence-electron chi connectivity index (χ2n) is 6.37. The van der Waals surface area contributed by atoms with E-state index in [1.807, 2.05) is 0 Å². The second-order valence-corrected chi connectivity index (χ2v) is 6.37. The lowest BCUT2D eigenvalue weighted by atomic mass is 9.90. The summed E-state index contributed by atoms with van der Waals surface area (Å²) in [5.74, 6) is 0. The van der Waals surface area contributed by atoms with Crippen molar-refractivity contribution in [2.45, 2.75) is 31.8 Å². The number of benzene rings is 1. The number of para-hydroxylation sites is 1. The Kier molecular flexibility index (Phi) is 3.57. The standard InChI is InChI=1S/C17H25N3/c1-17(18-2)8-10-20(11-9-17)13-14-12-19(3)16-7-5-4-6-15(14)16/h4-7,12,18H,8-11,13H2,1-3H3. The van der Waals surface area contributed by atoms with Crippen LogP contribution in [0.4, 0.5) is 0 Å². The third-order valence-electron chi connectivity index (χ3n) is 4.94. The van der Waals surface area contributed by atoms with Crippen molar-refractivity contribution in [3.05, 3.63) is 36.0 Å². The van der Waals surface area contributed by atoms with Crippen LogP contribution in [-0.2, 0) is 13.6 Å². The number of hydrogen-bond acceptors (Lipinski definition) is 2. The normalized spacial score (nSPS) is 19.6. The highest BCUT2D eigenvalue weighted by atomic mass is 15.1. The number of aromatic nitrogens is 1. The van der Waals surface area contributed by atoms with E-state index in [0.717, 1.165) is 6.54 Å². The molecular weight excluding hydrogens is 246 g/mol. The summed E-state index contributed by atoms with van der Waals surface area (Å²) in [4.78, 5) is 2.58. The fourth-order valence-electron chi connectivity index (χ4n) is 3.25. The molecule has 0 unspecified atom stereocenters. The summed E-state index contributed by atoms with van der Waals surface area (Å²) in [7, 11) is 4.22. The molecular formula is C17H25N3. The molecule has 1 aromatic carbocycles. The predicted octanol–water partition coefficient (Wildman–Crippen LogP) is 2.75. The first-order valence-corrected chi connectivity index (χ1v) is 7.55. The minimum absolute atomic E-state index is 0.329. The van der Waals surface area contributed by atoms with E-state index in [9.17, 15) is 0 Å². The summed E-state index contributed by atoms with van der Waals surface area (Å²) < 4.78 is 2.24. The van der Waals surface area contributed by atoms with Crippen LogP contribution in [0.5, 0.6) is 0 Å². The first-order chi connectivity index (χ1) is 9.61. The van der Waals surface area contributed by atoms with Crippen LogP contribution in [0.25, 0.3) is 10.9 Å². The first-order valence-electron chi connectivity index (χ1n) is 7.55. The Hall–Kier alpha value is -1.32. The van der Waals surface area contributed by atoms with Gasteiger partial charge in [-0.15, -0.1) is 0 Å². The van der Waals surface area contributed by atoms with E-state index in [1.165, 1.54) is 42.4 Å². The summed E-state index contributed by atoms with van der Waals surface area (Å²) in [5, 5.41) is 4.87. The molecule has 1 aliphatic heterocycles. The third-order valence-corrected chi connectivity index (χ3v) is 4.94. The van der Waals surface area contributed by atoms with Crippen LogP contribution in [0.3, 0.4) is 0 Å². The van der Waals surface area contributed by atoms with Crippen molar-refractivity contribution >= 4 is 10.9 Å². The van der Waals surface area contributed by atoms with Crippen molar-refractivity contribution in [2.24, 2.45) is 7.05 Å². The molecule has 0 radical (unpaired) electrons. The molecule has 1 fully saturated rings. The quantitative estimate of drug-likeness (QED) is 0.926. The molecule has 3 heteroatoms. The maximum atomic E-state index is 3.47. The monoisotopic (exact) mass is 271 g/mol. The van der Waals surface area contributed by atoms with Crippen LogP contribution in [0.15, 0.2) is 30.5 Å². The van der Waals surface area contributed by atoms with Gasteiger partial charge in [-0.25, -0.2) is 0 Å². The highest BCUT2D eigenvalue weighted by molar-refractivity contribution is 5.83. The van der Waals surface area contributed by atoms with Crippen LogP contribution in [0.2, 0.25) is 0 Å². The Bertz CT molecular complexity index is 591. The van der Waals surface area contributed by atoms with E-state index >= 15 is 0 Å². The van der Waals surface area contributed by atoms with E-state index in [1.54, 1.807) is 0 Å². The van der Waals surface area contributed by atoms with Gasteiger partial charge >= 0.3 is 0 Å². The first kappa shape index (κ1) is 13.7. The molecule has 2 heterocycles. The fraction of sp³-hybridized carbons (Fsp3) is 0.529. The van der Waals surface area contributed by atoms with Crippen molar-refractivity contribution in [3.8, 4) is 0 Å². The Labute approximate surface area is 121 Å². The Balaban J connectivity index is 1.75. The van der Waals surface area contributed by atoms with E-state index in [0.29, 0.717) is 5.54 Å². The van der Waals surface area contributed by atoms with Gasteiger partial charge in [0.25, 0.3) is 0 Å². The summed E-state index contributed by atoms with van der Waals surface area (Å²) in [6.45, 7) is 5.77. The highest BCUT2D eigenvalue weighted by Gasteiger charge is 2.28. The van der Waals surface area contributed by atoms with Crippen LogP contribution in [-0.4, -0.2) is 35.1 Å². The van der Waals surface area contributed by atoms with Crippen molar-refractivity contribution in [2.75, 3.05) is 20.1 Å². The lowest BCUT2D eigenvalue weighted by Crippen LogP contribution is -2.49. The zero-order chi connectivity index (χ0) is 14.2. The van der Waals surface area contributed by atoms with E-state index in [-0.39, 0.29) is 0 Å². The molecule has 2 aromatic rings. The van der Waals surface area contributed by atoms with Gasteiger partial charge in [0.15, 0.2) is 0 Å². The molecule has 0 saturated carbocycles. The lowest BCUT2D eigenvalue weighted by Gasteiger charge is -2.39. The Morgan fingerprint density at radius 3 is 2.60 bits per heavy atom. The van der Waals surface area contributed by atoms with Gasteiger partial charge in [0.05, 0.1) is 0 Å². The molecule has 0 bridgehead atoms. The molecule has 0 amide bonds. The number of rotatable bonds is 3. The van der Waals surface area contributed by atoms with Gasteiger partial charge in [-0.2, -0.15) is 0 Å². The topological polar surface area (TPSA) is 20.2 Å². The van der Waals surface area contributed by atoms with Crippen molar-refractivity contribution in [1.29, 1.82) is 0 Å². The van der Waals surface area contributed by atoms with Crippen LogP contribution in [0, 0.1) is 0 Å². The number of aryl methyl sites for hydroxylation is 1. The molecule has 1 saturated heterocycles. The largest absolute Gasteiger partial charge is 0.350 e. The summed E-state index contributed by atoms with van der Waals surface area (Å²) in [6, 6.07) is 8.70. The van der Waals surface area contributed by atoms with Gasteiger partial charge in [0.1, 0.15) is 0 Å². The van der Waals surface area contributed by atoms with Crippen molar-refractivity contribution in [3.63, 3.8) is 0 Å². The van der Waals surface area contributed by atoms with Gasteiger partial charge < -0.3 is 9.88 Å². The molecule has 1 aliphatic rings. The Morgan fingerprint density at radius 2 is 1.90 bits per heavy atom. The Morgan fingerprint density at radius 1 is 1.20 bits per heavy atom. The third kappa shape index (κ3) is 2.48. The molecule has 108 valence electrons. The zero-order valence-corrected chi connectivity index (χ0v) is 12.8. The minimum Gasteiger partial charge on any atom is -0.350 e. The van der Waals surface area contributed by atoms with E-state index in [4.69, 9.17) is 0 Å². The number of fused-ring (bicyclic) bond motifs is 1. The smallest absolute Gasteiger partial charge is 0.0481 e. The molecule has 0 spiro atoms. The van der Waals surface area contributed by atoms with Gasteiger partial charge in [0.2, 0.25) is 0 Å². The minimum atomic E-state index is 0.329. The van der Waals surface area contributed by atoms with Gasteiger partial charge in [0, 0.05) is 49.3 Å². The van der Waals surface area contributed by atoms with Crippen LogP contribution < -0.4 is 5.32 Å². The number of hydrogen-bond donors (Lipinski definition) is 1. The maximum absolute atomic E-state index is 3.47. The van der Waals surface area contributed by atoms with Gasteiger partial charge in [-0.3, -0.25) is 4.90 Å². The van der Waals surface area contributed by atoms with Crippen LogP contribution in [0.1, 0.15) is 25.3 Å². The maximum Gasteiger partial charge on any atom is 0.0481 e. The highest BCUT2D eigenvalue weighted by Crippen LogP contribution is 2.25. The molecule has 0 atom stereocenters. The number of piperidine rings is 1.